The Morgan fingerprint density at radius 1 is 0.938 bits per heavy atom. The fourth-order valence-corrected chi connectivity index (χ4v) is 2.81. The van der Waals surface area contributed by atoms with Crippen molar-refractivity contribution in [3.8, 4) is 0 Å². The van der Waals surface area contributed by atoms with Crippen LogP contribution in [-0.2, 0) is 10.8 Å². The predicted molar refractivity (Wildman–Crippen MR) is 73.6 cm³/mol. The maximum absolute atomic E-state index is 3.54. The van der Waals surface area contributed by atoms with E-state index in [1.165, 1.54) is 20.8 Å². The minimum absolute atomic E-state index is 0.209. The molecule has 0 unspecified atom stereocenters. The molecule has 0 aliphatic rings. The zero-order chi connectivity index (χ0) is 12.1. The van der Waals surface area contributed by atoms with Crippen molar-refractivity contribution in [3.63, 3.8) is 0 Å². The third-order valence-electron chi connectivity index (χ3n) is 2.85. The number of thiophene rings is 1. The molecule has 0 spiro atoms. The van der Waals surface area contributed by atoms with Gasteiger partial charge in [0.2, 0.25) is 0 Å². The number of hydrogen-bond donors (Lipinski definition) is 1. The summed E-state index contributed by atoms with van der Waals surface area (Å²) in [7, 11) is 0. The molecule has 0 fully saturated rings. The average molecular weight is 235 g/mol. The summed E-state index contributed by atoms with van der Waals surface area (Å²) in [5.74, 6) is 0. The van der Waals surface area contributed by atoms with E-state index < -0.39 is 0 Å². The van der Waals surface area contributed by atoms with Gasteiger partial charge >= 0.3 is 0 Å². The highest BCUT2D eigenvalue weighted by Crippen LogP contribution is 2.36. The van der Waals surface area contributed by atoms with Crippen LogP contribution in [0.3, 0.4) is 0 Å². The van der Waals surface area contributed by atoms with Crippen molar-refractivity contribution in [2.24, 2.45) is 0 Å². The summed E-state index contributed by atoms with van der Waals surface area (Å²) < 4.78 is 1.38. The van der Waals surface area contributed by atoms with Crippen LogP contribution in [0.25, 0.3) is 10.2 Å². The second-order valence-electron chi connectivity index (χ2n) is 6.57. The van der Waals surface area contributed by atoms with Gasteiger partial charge < -0.3 is 4.98 Å². The molecule has 1 nitrogen and oxygen atoms in total. The van der Waals surface area contributed by atoms with E-state index in [0.717, 1.165) is 0 Å². The van der Waals surface area contributed by atoms with E-state index in [0.29, 0.717) is 0 Å². The zero-order valence-electron chi connectivity index (χ0n) is 11.1. The van der Waals surface area contributed by atoms with E-state index in [4.69, 9.17) is 0 Å². The molecular weight excluding hydrogens is 214 g/mol. The highest BCUT2D eigenvalue weighted by Gasteiger charge is 2.21. The number of aromatic amines is 1. The number of H-pyrrole nitrogens is 1. The number of rotatable bonds is 0. The molecule has 2 rings (SSSR count). The Hall–Kier alpha value is -0.760. The number of hydrogen-bond acceptors (Lipinski definition) is 1. The molecule has 0 atom stereocenters. The Kier molecular flexibility index (Phi) is 2.46. The van der Waals surface area contributed by atoms with Crippen LogP contribution in [0.4, 0.5) is 0 Å². The van der Waals surface area contributed by atoms with Gasteiger partial charge in [0.25, 0.3) is 0 Å². The lowest BCUT2D eigenvalue weighted by atomic mass is 9.93. The van der Waals surface area contributed by atoms with Gasteiger partial charge in [0, 0.05) is 16.0 Å². The van der Waals surface area contributed by atoms with E-state index in [1.54, 1.807) is 0 Å². The minimum Gasteiger partial charge on any atom is -0.357 e. The van der Waals surface area contributed by atoms with Crippen LogP contribution in [0.5, 0.6) is 0 Å². The third-order valence-corrected chi connectivity index (χ3v) is 4.36. The Morgan fingerprint density at radius 3 is 2.00 bits per heavy atom. The van der Waals surface area contributed by atoms with Crippen LogP contribution in [0, 0.1) is 0 Å². The Labute approximate surface area is 102 Å². The van der Waals surface area contributed by atoms with Crippen LogP contribution in [-0.4, -0.2) is 4.98 Å². The van der Waals surface area contributed by atoms with Crippen LogP contribution in [0.1, 0.15) is 52.1 Å². The van der Waals surface area contributed by atoms with Crippen molar-refractivity contribution in [2.45, 2.75) is 52.4 Å². The molecule has 2 heteroatoms. The monoisotopic (exact) mass is 235 g/mol. The molecule has 0 aromatic carbocycles. The molecule has 0 amide bonds. The molecule has 0 radical (unpaired) electrons. The van der Waals surface area contributed by atoms with Crippen LogP contribution >= 0.6 is 11.3 Å². The summed E-state index contributed by atoms with van der Waals surface area (Å²) in [6, 6.07) is 4.60. The third kappa shape index (κ3) is 2.03. The maximum atomic E-state index is 3.54. The summed E-state index contributed by atoms with van der Waals surface area (Å²) >= 11 is 1.91. The number of nitrogens with one attached hydrogen (secondary N) is 1. The Balaban J connectivity index is 2.49. The van der Waals surface area contributed by atoms with Gasteiger partial charge in [0.15, 0.2) is 0 Å². The molecule has 16 heavy (non-hydrogen) atoms. The normalized spacial score (nSPS) is 13.6. The summed E-state index contributed by atoms with van der Waals surface area (Å²) in [5, 5.41) is 0. The fourth-order valence-electron chi connectivity index (χ4n) is 1.70. The Bertz CT molecular complexity index is 428. The SMILES string of the molecule is CC(C)(C)c1cc2sc(C(C)(C)C)cc2[nH]1. The van der Waals surface area contributed by atoms with Crippen molar-refractivity contribution in [1.29, 1.82) is 0 Å². The standard InChI is InChI=1S/C14H21NS/c1-13(2,3)11-8-10-9(15-11)7-12(16-10)14(4,5)6/h7-8,15H,1-6H3. The van der Waals surface area contributed by atoms with Crippen LogP contribution in [0.2, 0.25) is 0 Å². The Morgan fingerprint density at radius 2 is 1.56 bits per heavy atom. The molecule has 0 saturated heterocycles. The predicted octanol–water partition coefficient (Wildman–Crippen LogP) is 4.82. The van der Waals surface area contributed by atoms with Crippen molar-refractivity contribution in [3.05, 3.63) is 22.7 Å². The van der Waals surface area contributed by atoms with Crippen molar-refractivity contribution in [1.82, 2.24) is 4.98 Å². The molecule has 2 aromatic rings. The molecule has 2 aromatic heterocycles. The highest BCUT2D eigenvalue weighted by molar-refractivity contribution is 7.19. The van der Waals surface area contributed by atoms with Gasteiger partial charge in [-0.3, -0.25) is 0 Å². The lowest BCUT2D eigenvalue weighted by molar-refractivity contribution is 0.574. The van der Waals surface area contributed by atoms with E-state index in [2.05, 4.69) is 58.7 Å². The lowest BCUT2D eigenvalue weighted by Gasteiger charge is -2.17. The van der Waals surface area contributed by atoms with Crippen LogP contribution in [0.15, 0.2) is 12.1 Å². The van der Waals surface area contributed by atoms with Gasteiger partial charge in [-0.25, -0.2) is 0 Å². The van der Waals surface area contributed by atoms with Gasteiger partial charge in [0.05, 0.1) is 10.2 Å². The number of fused-ring (bicyclic) bond motifs is 1. The molecule has 1 N–H and O–H groups in total. The molecule has 2 heterocycles. The molecule has 88 valence electrons. The van der Waals surface area contributed by atoms with Crippen molar-refractivity contribution in [2.75, 3.05) is 0 Å². The smallest absolute Gasteiger partial charge is 0.0568 e. The minimum atomic E-state index is 0.209. The second kappa shape index (κ2) is 3.36. The van der Waals surface area contributed by atoms with Crippen molar-refractivity contribution >= 4 is 21.6 Å². The van der Waals surface area contributed by atoms with Gasteiger partial charge in [-0.15, -0.1) is 11.3 Å². The van der Waals surface area contributed by atoms with Crippen LogP contribution < -0.4 is 0 Å². The van der Waals surface area contributed by atoms with Gasteiger partial charge in [-0.2, -0.15) is 0 Å². The maximum Gasteiger partial charge on any atom is 0.0568 e. The second-order valence-corrected chi connectivity index (χ2v) is 7.66. The fraction of sp³-hybridized carbons (Fsp3) is 0.571. The first kappa shape index (κ1) is 11.7. The molecule has 0 saturated carbocycles. The topological polar surface area (TPSA) is 15.8 Å². The molecule has 0 bridgehead atoms. The largest absolute Gasteiger partial charge is 0.357 e. The first-order chi connectivity index (χ1) is 7.18. The summed E-state index contributed by atoms with van der Waals surface area (Å²) in [5.41, 5.74) is 3.08. The van der Waals surface area contributed by atoms with E-state index >= 15 is 0 Å². The van der Waals surface area contributed by atoms with E-state index in [9.17, 15) is 0 Å². The average Bonchev–Trinajstić information content (AvgIpc) is 2.53. The van der Waals surface area contributed by atoms with E-state index in [1.807, 2.05) is 11.3 Å². The first-order valence-corrected chi connectivity index (χ1v) is 6.63. The highest BCUT2D eigenvalue weighted by atomic mass is 32.1. The molecule has 0 aliphatic heterocycles. The van der Waals surface area contributed by atoms with Gasteiger partial charge in [-0.1, -0.05) is 41.5 Å². The quantitative estimate of drug-likeness (QED) is 0.673. The summed E-state index contributed by atoms with van der Waals surface area (Å²) in [6.07, 6.45) is 0. The molecule has 0 aliphatic carbocycles. The summed E-state index contributed by atoms with van der Waals surface area (Å²) in [4.78, 5) is 4.99. The van der Waals surface area contributed by atoms with Gasteiger partial charge in [0.1, 0.15) is 0 Å². The first-order valence-electron chi connectivity index (χ1n) is 5.81. The number of aromatic nitrogens is 1. The zero-order valence-corrected chi connectivity index (χ0v) is 11.9. The summed E-state index contributed by atoms with van der Waals surface area (Å²) in [6.45, 7) is 13.5. The lowest BCUT2D eigenvalue weighted by Crippen LogP contribution is -2.11. The van der Waals surface area contributed by atoms with Crippen molar-refractivity contribution < 1.29 is 0 Å². The van der Waals surface area contributed by atoms with Gasteiger partial charge in [-0.05, 0) is 17.5 Å². The van der Waals surface area contributed by atoms with E-state index in [-0.39, 0.29) is 10.8 Å². The molecular formula is C14H21NS.